The summed E-state index contributed by atoms with van der Waals surface area (Å²) >= 11 is 1.52. The van der Waals surface area contributed by atoms with E-state index in [4.69, 9.17) is 9.84 Å². The van der Waals surface area contributed by atoms with Crippen LogP contribution in [-0.4, -0.2) is 22.7 Å². The van der Waals surface area contributed by atoms with Gasteiger partial charge in [-0.05, 0) is 25.1 Å². The number of carboxylic acids is 1. The maximum absolute atomic E-state index is 10.5. The summed E-state index contributed by atoms with van der Waals surface area (Å²) in [6.07, 6.45) is 0.608. The average molecular weight is 251 g/mol. The molecule has 0 saturated carbocycles. The van der Waals surface area contributed by atoms with Crippen molar-refractivity contribution in [3.05, 3.63) is 23.2 Å². The largest absolute Gasteiger partial charge is 0.494 e. The zero-order valence-corrected chi connectivity index (χ0v) is 10.3. The van der Waals surface area contributed by atoms with Crippen molar-refractivity contribution in [3.8, 4) is 5.75 Å². The van der Waals surface area contributed by atoms with Crippen LogP contribution in [0.1, 0.15) is 18.4 Å². The van der Waals surface area contributed by atoms with Crippen LogP contribution in [0.3, 0.4) is 0 Å². The molecule has 0 atom stereocenters. The number of hydrogen-bond acceptors (Lipinski definition) is 4. The molecular formula is C12H13NO3S. The van der Waals surface area contributed by atoms with Crippen LogP contribution in [0, 0.1) is 0 Å². The Morgan fingerprint density at radius 1 is 1.53 bits per heavy atom. The Morgan fingerprint density at radius 3 is 3.06 bits per heavy atom. The van der Waals surface area contributed by atoms with E-state index in [2.05, 4.69) is 4.98 Å². The van der Waals surface area contributed by atoms with Gasteiger partial charge in [0.05, 0.1) is 28.3 Å². The van der Waals surface area contributed by atoms with Gasteiger partial charge in [0.15, 0.2) is 0 Å². The Kier molecular flexibility index (Phi) is 3.58. The molecule has 2 aromatic rings. The first-order valence-corrected chi connectivity index (χ1v) is 6.24. The molecule has 90 valence electrons. The van der Waals surface area contributed by atoms with Crippen LogP contribution in [-0.2, 0) is 11.2 Å². The molecule has 0 bridgehead atoms. The highest BCUT2D eigenvalue weighted by Crippen LogP contribution is 2.27. The molecule has 5 heteroatoms. The minimum Gasteiger partial charge on any atom is -0.494 e. The van der Waals surface area contributed by atoms with Crippen molar-refractivity contribution in [2.45, 2.75) is 19.8 Å². The molecule has 2 rings (SSSR count). The minimum absolute atomic E-state index is 0.123. The molecule has 0 fully saturated rings. The second kappa shape index (κ2) is 5.14. The lowest BCUT2D eigenvalue weighted by atomic mass is 10.3. The summed E-state index contributed by atoms with van der Waals surface area (Å²) in [5.74, 6) is 0.0349. The number of fused-ring (bicyclic) bond motifs is 1. The predicted molar refractivity (Wildman–Crippen MR) is 66.7 cm³/mol. The van der Waals surface area contributed by atoms with Gasteiger partial charge in [-0.15, -0.1) is 11.3 Å². The molecule has 0 aliphatic rings. The number of aliphatic carboxylic acids is 1. The van der Waals surface area contributed by atoms with E-state index in [0.717, 1.165) is 21.0 Å². The van der Waals surface area contributed by atoms with Crippen LogP contribution >= 0.6 is 11.3 Å². The maximum atomic E-state index is 10.5. The van der Waals surface area contributed by atoms with Gasteiger partial charge in [-0.1, -0.05) is 0 Å². The number of thiazole rings is 1. The summed E-state index contributed by atoms with van der Waals surface area (Å²) < 4.78 is 6.44. The third-order valence-electron chi connectivity index (χ3n) is 2.27. The van der Waals surface area contributed by atoms with Crippen molar-refractivity contribution >= 4 is 27.5 Å². The molecule has 1 aromatic heterocycles. The second-order valence-electron chi connectivity index (χ2n) is 3.56. The van der Waals surface area contributed by atoms with Crippen molar-refractivity contribution in [2.75, 3.05) is 6.61 Å². The van der Waals surface area contributed by atoms with E-state index in [1.807, 2.05) is 25.1 Å². The van der Waals surface area contributed by atoms with Crippen LogP contribution in [0.25, 0.3) is 10.2 Å². The molecule has 1 N–H and O–H groups in total. The molecule has 17 heavy (non-hydrogen) atoms. The molecule has 0 radical (unpaired) electrons. The molecule has 0 amide bonds. The van der Waals surface area contributed by atoms with Gasteiger partial charge in [0.25, 0.3) is 0 Å². The molecule has 0 aliphatic carbocycles. The van der Waals surface area contributed by atoms with Crippen LogP contribution in [0.5, 0.6) is 5.75 Å². The molecule has 0 unspecified atom stereocenters. The lowest BCUT2D eigenvalue weighted by Crippen LogP contribution is -1.96. The molecule has 1 heterocycles. The second-order valence-corrected chi connectivity index (χ2v) is 4.68. The normalized spacial score (nSPS) is 10.6. The number of hydrogen-bond donors (Lipinski definition) is 1. The fraction of sp³-hybridized carbons (Fsp3) is 0.333. The molecule has 0 saturated heterocycles. The van der Waals surface area contributed by atoms with E-state index in [1.54, 1.807) is 0 Å². The Hall–Kier alpha value is -1.62. The average Bonchev–Trinajstić information content (AvgIpc) is 2.69. The Bertz CT molecular complexity index is 536. The molecule has 1 aromatic carbocycles. The van der Waals surface area contributed by atoms with Crippen molar-refractivity contribution in [1.82, 2.24) is 4.98 Å². The van der Waals surface area contributed by atoms with Crippen LogP contribution < -0.4 is 4.74 Å². The third-order valence-corrected chi connectivity index (χ3v) is 3.35. The lowest BCUT2D eigenvalue weighted by Gasteiger charge is -2.00. The minimum atomic E-state index is -0.792. The number of aromatic nitrogens is 1. The number of benzene rings is 1. The van der Waals surface area contributed by atoms with E-state index >= 15 is 0 Å². The highest BCUT2D eigenvalue weighted by molar-refractivity contribution is 7.18. The summed E-state index contributed by atoms with van der Waals surface area (Å²) in [6.45, 7) is 2.57. The lowest BCUT2D eigenvalue weighted by molar-refractivity contribution is -0.136. The Labute approximate surface area is 103 Å². The molecule has 0 aliphatic heterocycles. The van der Waals surface area contributed by atoms with Crippen LogP contribution in [0.2, 0.25) is 0 Å². The summed E-state index contributed by atoms with van der Waals surface area (Å²) in [5, 5.41) is 9.48. The number of carbonyl (C=O) groups is 1. The van der Waals surface area contributed by atoms with Crippen molar-refractivity contribution < 1.29 is 14.6 Å². The van der Waals surface area contributed by atoms with Crippen LogP contribution in [0.4, 0.5) is 0 Å². The monoisotopic (exact) mass is 251 g/mol. The number of ether oxygens (including phenoxy) is 1. The van der Waals surface area contributed by atoms with Crippen LogP contribution in [0.15, 0.2) is 18.2 Å². The first kappa shape index (κ1) is 11.9. The van der Waals surface area contributed by atoms with Crippen molar-refractivity contribution in [2.24, 2.45) is 0 Å². The number of rotatable bonds is 5. The fourth-order valence-corrected chi connectivity index (χ4v) is 2.53. The number of carboxylic acid groups (broad SMARTS) is 1. The highest BCUT2D eigenvalue weighted by Gasteiger charge is 2.07. The Morgan fingerprint density at radius 2 is 2.35 bits per heavy atom. The highest BCUT2D eigenvalue weighted by atomic mass is 32.1. The molecule has 4 nitrogen and oxygen atoms in total. The van der Waals surface area contributed by atoms with Gasteiger partial charge < -0.3 is 9.84 Å². The SMILES string of the molecule is CCOc1ccc2nc(CCC(=O)O)sc2c1. The first-order chi connectivity index (χ1) is 8.19. The quantitative estimate of drug-likeness (QED) is 0.887. The van der Waals surface area contributed by atoms with Gasteiger partial charge in [-0.25, -0.2) is 4.98 Å². The zero-order valence-electron chi connectivity index (χ0n) is 9.47. The first-order valence-electron chi connectivity index (χ1n) is 5.43. The number of nitrogens with zero attached hydrogens (tertiary/aromatic N) is 1. The summed E-state index contributed by atoms with van der Waals surface area (Å²) in [4.78, 5) is 14.9. The predicted octanol–water partition coefficient (Wildman–Crippen LogP) is 2.71. The van der Waals surface area contributed by atoms with Crippen molar-refractivity contribution in [3.63, 3.8) is 0 Å². The summed E-state index contributed by atoms with van der Waals surface area (Å²) in [5.41, 5.74) is 0.902. The Balaban J connectivity index is 2.21. The van der Waals surface area contributed by atoms with Gasteiger partial charge in [0.2, 0.25) is 0 Å². The van der Waals surface area contributed by atoms with Gasteiger partial charge >= 0.3 is 5.97 Å². The molecular weight excluding hydrogens is 238 g/mol. The van der Waals surface area contributed by atoms with E-state index in [-0.39, 0.29) is 6.42 Å². The zero-order chi connectivity index (χ0) is 12.3. The summed E-state index contributed by atoms with van der Waals surface area (Å²) in [7, 11) is 0. The standard InChI is InChI=1S/C12H13NO3S/c1-2-16-8-3-4-9-10(7-8)17-11(13-9)5-6-12(14)15/h3-4,7H,2,5-6H2,1H3,(H,14,15). The fourth-order valence-electron chi connectivity index (χ4n) is 1.53. The van der Waals surface area contributed by atoms with E-state index in [1.165, 1.54) is 11.3 Å². The topological polar surface area (TPSA) is 59.4 Å². The van der Waals surface area contributed by atoms with Gasteiger partial charge in [-0.2, -0.15) is 0 Å². The van der Waals surface area contributed by atoms with E-state index < -0.39 is 5.97 Å². The smallest absolute Gasteiger partial charge is 0.303 e. The summed E-state index contributed by atoms with van der Waals surface area (Å²) in [6, 6.07) is 5.73. The number of aryl methyl sites for hydroxylation is 1. The third kappa shape index (κ3) is 2.94. The van der Waals surface area contributed by atoms with E-state index in [9.17, 15) is 4.79 Å². The molecule has 0 spiro atoms. The maximum Gasteiger partial charge on any atom is 0.303 e. The van der Waals surface area contributed by atoms with Gasteiger partial charge in [0.1, 0.15) is 5.75 Å². The van der Waals surface area contributed by atoms with Gasteiger partial charge in [-0.3, -0.25) is 4.79 Å². The van der Waals surface area contributed by atoms with Gasteiger partial charge in [0, 0.05) is 6.42 Å². The van der Waals surface area contributed by atoms with Crippen molar-refractivity contribution in [1.29, 1.82) is 0 Å². The van der Waals surface area contributed by atoms with E-state index in [0.29, 0.717) is 13.0 Å².